The summed E-state index contributed by atoms with van der Waals surface area (Å²) in [6, 6.07) is -1.90. The van der Waals surface area contributed by atoms with E-state index >= 15 is 0 Å². The minimum atomic E-state index is -6.44. The first-order valence-corrected chi connectivity index (χ1v) is 10.00. The number of hydrogen-bond acceptors (Lipinski definition) is 4. The summed E-state index contributed by atoms with van der Waals surface area (Å²) in [4.78, 5) is 1.11. The van der Waals surface area contributed by atoms with Gasteiger partial charge in [0.1, 0.15) is 11.1 Å². The maximum atomic E-state index is 13.3. The van der Waals surface area contributed by atoms with Crippen LogP contribution in [-0.2, 0) is 12.8 Å². The molecule has 1 aliphatic rings. The number of halogens is 7. The van der Waals surface area contributed by atoms with Gasteiger partial charge in [0.25, 0.3) is 0 Å². The topological polar surface area (TPSA) is 53.1 Å². The molecule has 168 valence electrons. The third-order valence-corrected chi connectivity index (χ3v) is 6.37. The Bertz CT molecular complexity index is 1060. The second-order valence-corrected chi connectivity index (χ2v) is 8.26. The van der Waals surface area contributed by atoms with Crippen molar-refractivity contribution in [2.24, 2.45) is 5.10 Å². The number of hydrazone groups is 1. The van der Waals surface area contributed by atoms with Crippen molar-refractivity contribution in [3.05, 3.63) is 39.0 Å². The summed E-state index contributed by atoms with van der Waals surface area (Å²) < 4.78 is 90.9. The van der Waals surface area contributed by atoms with Gasteiger partial charge in [0, 0.05) is 21.8 Å². The quantitative estimate of drug-likeness (QED) is 0.269. The van der Waals surface area contributed by atoms with E-state index in [2.05, 4.69) is 11.2 Å². The maximum absolute atomic E-state index is 13.3. The Hall–Kier alpha value is -2.55. The standard InChI is InChI=1S/C19H17F7N4S/c1-10-7-12(9-28-29-19(25,26)17(20,21)18(22,23)24)11(2)30(10)16-14(8-27)13-5-3-4-6-15(13)31-16/h7,9,29H,3-6H2,1-2H3/b28-9+. The number of aryl methyl sites for hydroxylation is 2. The molecule has 0 aliphatic heterocycles. The van der Waals surface area contributed by atoms with Crippen molar-refractivity contribution in [2.75, 3.05) is 0 Å². The fraction of sp³-hybridized carbons (Fsp3) is 0.474. The molecule has 0 radical (unpaired) electrons. The van der Waals surface area contributed by atoms with Crippen molar-refractivity contribution >= 4 is 17.6 Å². The molecular formula is C19H17F7N4S. The summed E-state index contributed by atoms with van der Waals surface area (Å²) in [6.45, 7) is 3.31. The molecule has 4 nitrogen and oxygen atoms in total. The average molecular weight is 466 g/mol. The van der Waals surface area contributed by atoms with Crippen LogP contribution in [0, 0.1) is 25.2 Å². The number of alkyl halides is 7. The van der Waals surface area contributed by atoms with Crippen LogP contribution in [0.2, 0.25) is 0 Å². The van der Waals surface area contributed by atoms with E-state index in [4.69, 9.17) is 0 Å². The molecule has 0 bridgehead atoms. The Labute approximate surface area is 177 Å². The van der Waals surface area contributed by atoms with Crippen LogP contribution in [0.3, 0.4) is 0 Å². The summed E-state index contributed by atoms with van der Waals surface area (Å²) in [7, 11) is 0. The van der Waals surface area contributed by atoms with Crippen LogP contribution in [0.1, 0.15) is 45.8 Å². The van der Waals surface area contributed by atoms with Crippen LogP contribution in [0.15, 0.2) is 11.2 Å². The molecule has 0 saturated heterocycles. The second kappa shape index (κ2) is 7.85. The molecule has 0 unspecified atom stereocenters. The molecule has 0 saturated carbocycles. The number of fused-ring (bicyclic) bond motifs is 1. The minimum Gasteiger partial charge on any atom is -0.308 e. The number of hydrogen-bond donors (Lipinski definition) is 1. The second-order valence-electron chi connectivity index (χ2n) is 7.18. The Morgan fingerprint density at radius 3 is 2.39 bits per heavy atom. The number of nitrogens with zero attached hydrogens (tertiary/aromatic N) is 3. The third-order valence-electron chi connectivity index (χ3n) is 5.10. The van der Waals surface area contributed by atoms with Gasteiger partial charge in [-0.2, -0.15) is 41.1 Å². The minimum absolute atomic E-state index is 0.228. The van der Waals surface area contributed by atoms with E-state index < -0.39 is 18.1 Å². The molecule has 0 atom stereocenters. The molecule has 2 heterocycles. The molecule has 0 spiro atoms. The van der Waals surface area contributed by atoms with Crippen LogP contribution in [0.5, 0.6) is 0 Å². The Balaban J connectivity index is 1.92. The molecule has 0 amide bonds. The number of aromatic nitrogens is 1. The largest absolute Gasteiger partial charge is 0.462 e. The molecule has 3 rings (SSSR count). The van der Waals surface area contributed by atoms with Gasteiger partial charge in [-0.05, 0) is 51.2 Å². The molecular weight excluding hydrogens is 449 g/mol. The molecule has 2 aromatic heterocycles. The van der Waals surface area contributed by atoms with Gasteiger partial charge in [0.2, 0.25) is 0 Å². The zero-order valence-corrected chi connectivity index (χ0v) is 17.2. The van der Waals surface area contributed by atoms with Crippen LogP contribution < -0.4 is 5.43 Å². The number of rotatable bonds is 5. The van der Waals surface area contributed by atoms with Crippen molar-refractivity contribution in [2.45, 2.75) is 57.7 Å². The fourth-order valence-corrected chi connectivity index (χ4v) is 4.94. The summed E-state index contributed by atoms with van der Waals surface area (Å²) >= 11 is 1.45. The van der Waals surface area contributed by atoms with Crippen molar-refractivity contribution < 1.29 is 30.7 Å². The summed E-state index contributed by atoms with van der Waals surface area (Å²) in [5.74, 6) is -6.30. The normalized spacial score (nSPS) is 15.2. The lowest BCUT2D eigenvalue weighted by Gasteiger charge is -2.27. The highest BCUT2D eigenvalue weighted by Gasteiger charge is 2.73. The molecule has 0 aromatic carbocycles. The highest BCUT2D eigenvalue weighted by atomic mass is 32.1. The zero-order chi connectivity index (χ0) is 23.2. The first kappa shape index (κ1) is 23.1. The van der Waals surface area contributed by atoms with Gasteiger partial charge in [0.15, 0.2) is 0 Å². The molecule has 1 aliphatic carbocycles. The SMILES string of the molecule is Cc1cc(/C=N/NC(F)(F)C(F)(F)C(F)(F)F)c(C)n1-c1sc2c(c1C#N)CCCC2. The molecule has 2 aromatic rings. The van der Waals surface area contributed by atoms with E-state index in [9.17, 15) is 36.0 Å². The van der Waals surface area contributed by atoms with Crippen molar-refractivity contribution in [1.29, 1.82) is 5.26 Å². The summed E-state index contributed by atoms with van der Waals surface area (Å²) in [5, 5.41) is 13.2. The van der Waals surface area contributed by atoms with E-state index in [0.29, 0.717) is 27.4 Å². The number of nitrogens with one attached hydrogen (secondary N) is 1. The fourth-order valence-electron chi connectivity index (χ4n) is 3.49. The van der Waals surface area contributed by atoms with E-state index in [-0.39, 0.29) is 5.56 Å². The van der Waals surface area contributed by atoms with Crippen LogP contribution in [0.4, 0.5) is 30.7 Å². The third kappa shape index (κ3) is 3.91. The first-order chi connectivity index (χ1) is 14.3. The smallest absolute Gasteiger partial charge is 0.308 e. The molecule has 1 N–H and O–H groups in total. The van der Waals surface area contributed by atoms with Gasteiger partial charge in [-0.25, -0.2) is 5.43 Å². The molecule has 31 heavy (non-hydrogen) atoms. The Kier molecular flexibility index (Phi) is 5.86. The Morgan fingerprint density at radius 2 is 1.77 bits per heavy atom. The summed E-state index contributed by atoms with van der Waals surface area (Å²) in [5.41, 5.74) is 3.47. The number of thiophene rings is 1. The van der Waals surface area contributed by atoms with Gasteiger partial charge in [-0.15, -0.1) is 11.3 Å². The van der Waals surface area contributed by atoms with Gasteiger partial charge >= 0.3 is 18.1 Å². The Morgan fingerprint density at radius 1 is 1.13 bits per heavy atom. The lowest BCUT2D eigenvalue weighted by Crippen LogP contribution is -2.58. The van der Waals surface area contributed by atoms with Crippen molar-refractivity contribution in [3.8, 4) is 11.1 Å². The lowest BCUT2D eigenvalue weighted by molar-refractivity contribution is -0.361. The van der Waals surface area contributed by atoms with Crippen LogP contribution >= 0.6 is 11.3 Å². The predicted octanol–water partition coefficient (Wildman–Crippen LogP) is 5.62. The van der Waals surface area contributed by atoms with Crippen LogP contribution in [-0.4, -0.2) is 28.9 Å². The summed E-state index contributed by atoms with van der Waals surface area (Å²) in [6.07, 6.45) is -2.06. The van der Waals surface area contributed by atoms with E-state index in [1.165, 1.54) is 17.4 Å². The highest BCUT2D eigenvalue weighted by molar-refractivity contribution is 7.15. The van der Waals surface area contributed by atoms with E-state index in [1.807, 2.05) is 0 Å². The van der Waals surface area contributed by atoms with Gasteiger partial charge in [-0.1, -0.05) is 0 Å². The monoisotopic (exact) mass is 466 g/mol. The first-order valence-electron chi connectivity index (χ1n) is 9.18. The van der Waals surface area contributed by atoms with Gasteiger partial charge in [-0.3, -0.25) is 0 Å². The van der Waals surface area contributed by atoms with E-state index in [1.54, 1.807) is 18.4 Å². The number of nitriles is 1. The predicted molar refractivity (Wildman–Crippen MR) is 101 cm³/mol. The molecule has 0 fully saturated rings. The highest BCUT2D eigenvalue weighted by Crippen LogP contribution is 2.45. The zero-order valence-electron chi connectivity index (χ0n) is 16.4. The average Bonchev–Trinajstić information content (AvgIpc) is 3.16. The van der Waals surface area contributed by atoms with Crippen molar-refractivity contribution in [3.63, 3.8) is 0 Å². The van der Waals surface area contributed by atoms with Gasteiger partial charge < -0.3 is 4.57 Å². The van der Waals surface area contributed by atoms with Crippen LogP contribution in [0.25, 0.3) is 5.00 Å². The lowest BCUT2D eigenvalue weighted by atomic mass is 9.96. The van der Waals surface area contributed by atoms with Crippen molar-refractivity contribution in [1.82, 2.24) is 9.99 Å². The maximum Gasteiger partial charge on any atom is 0.462 e. The van der Waals surface area contributed by atoms with Gasteiger partial charge in [0.05, 0.1) is 11.8 Å². The molecule has 12 heteroatoms. The van der Waals surface area contributed by atoms with E-state index in [0.717, 1.165) is 42.3 Å².